The molecule has 2 atom stereocenters. The standard InChI is InChI=1S/C24H32N2O6S/c1-16(2)21-8-6-5-7-17(21)15-32-19-9-11-20(12-10-19)33(30,31)26-14-18(27)13-24(3,4)22(26)23(28)25-29/h5-12,16,18,22,27,29H,13-15H2,1-4H3,(H,25,28)/t18-,22+/m1/s1. The lowest BCUT2D eigenvalue weighted by atomic mass is 9.76. The van der Waals surface area contributed by atoms with Gasteiger partial charge < -0.3 is 9.84 Å². The van der Waals surface area contributed by atoms with Crippen LogP contribution in [0.25, 0.3) is 0 Å². The highest BCUT2D eigenvalue weighted by molar-refractivity contribution is 7.89. The van der Waals surface area contributed by atoms with Gasteiger partial charge in [-0.25, -0.2) is 13.9 Å². The summed E-state index contributed by atoms with van der Waals surface area (Å²) >= 11 is 0. The van der Waals surface area contributed by atoms with Crippen molar-refractivity contribution >= 4 is 15.9 Å². The smallest absolute Gasteiger partial charge is 0.262 e. The van der Waals surface area contributed by atoms with E-state index >= 15 is 0 Å². The number of carbonyl (C=O) groups is 1. The van der Waals surface area contributed by atoms with Gasteiger partial charge in [0, 0.05) is 6.54 Å². The number of aliphatic hydroxyl groups is 1. The fourth-order valence-electron chi connectivity index (χ4n) is 4.50. The Kier molecular flexibility index (Phi) is 7.48. The van der Waals surface area contributed by atoms with Gasteiger partial charge in [0.25, 0.3) is 5.91 Å². The highest BCUT2D eigenvalue weighted by Gasteiger charge is 2.50. The van der Waals surface area contributed by atoms with Gasteiger partial charge in [0.05, 0.1) is 11.0 Å². The number of nitrogens with zero attached hydrogens (tertiary/aromatic N) is 1. The van der Waals surface area contributed by atoms with Gasteiger partial charge in [-0.2, -0.15) is 4.31 Å². The Bertz CT molecular complexity index is 1080. The molecule has 0 aliphatic carbocycles. The summed E-state index contributed by atoms with van der Waals surface area (Å²) in [6, 6.07) is 12.8. The maximum Gasteiger partial charge on any atom is 0.262 e. The average Bonchev–Trinajstić information content (AvgIpc) is 2.76. The van der Waals surface area contributed by atoms with Crippen LogP contribution < -0.4 is 10.2 Å². The number of hydroxylamine groups is 1. The molecule has 0 bridgehead atoms. The van der Waals surface area contributed by atoms with Crippen molar-refractivity contribution in [3.05, 3.63) is 59.7 Å². The molecule has 3 N–H and O–H groups in total. The molecule has 1 heterocycles. The molecule has 2 aromatic rings. The number of piperidine rings is 1. The van der Waals surface area contributed by atoms with Crippen molar-refractivity contribution in [2.45, 2.75) is 63.7 Å². The van der Waals surface area contributed by atoms with E-state index in [2.05, 4.69) is 19.9 Å². The first-order chi connectivity index (χ1) is 15.5. The second-order valence-corrected chi connectivity index (χ2v) is 11.3. The number of ether oxygens (including phenoxy) is 1. The van der Waals surface area contributed by atoms with Crippen LogP contribution in [0.15, 0.2) is 53.4 Å². The Morgan fingerprint density at radius 2 is 1.82 bits per heavy atom. The van der Waals surface area contributed by atoms with E-state index in [0.717, 1.165) is 9.87 Å². The Labute approximate surface area is 195 Å². The third-order valence-corrected chi connectivity index (χ3v) is 7.89. The Morgan fingerprint density at radius 1 is 1.18 bits per heavy atom. The molecule has 0 radical (unpaired) electrons. The lowest BCUT2D eigenvalue weighted by molar-refractivity contribution is -0.140. The minimum Gasteiger partial charge on any atom is -0.489 e. The number of rotatable bonds is 7. The third kappa shape index (κ3) is 5.38. The molecule has 0 saturated carbocycles. The van der Waals surface area contributed by atoms with Crippen LogP contribution >= 0.6 is 0 Å². The van der Waals surface area contributed by atoms with Crippen LogP contribution in [-0.2, 0) is 21.4 Å². The number of benzene rings is 2. The van der Waals surface area contributed by atoms with E-state index in [1.807, 2.05) is 18.2 Å². The van der Waals surface area contributed by atoms with Crippen LogP contribution in [0.4, 0.5) is 0 Å². The number of carbonyl (C=O) groups excluding carboxylic acids is 1. The number of aliphatic hydroxyl groups excluding tert-OH is 1. The van der Waals surface area contributed by atoms with E-state index < -0.39 is 33.5 Å². The van der Waals surface area contributed by atoms with Crippen molar-refractivity contribution in [2.24, 2.45) is 5.41 Å². The van der Waals surface area contributed by atoms with Crippen molar-refractivity contribution in [3.8, 4) is 5.75 Å². The predicted molar refractivity (Wildman–Crippen MR) is 123 cm³/mol. The zero-order valence-electron chi connectivity index (χ0n) is 19.4. The lowest BCUT2D eigenvalue weighted by Crippen LogP contribution is -2.62. The number of amides is 1. The fourth-order valence-corrected chi connectivity index (χ4v) is 6.28. The minimum atomic E-state index is -4.13. The summed E-state index contributed by atoms with van der Waals surface area (Å²) in [5.74, 6) is 0.0287. The number of sulfonamides is 1. The molecule has 3 rings (SSSR count). The molecular formula is C24H32N2O6S. The molecule has 1 aliphatic rings. The summed E-state index contributed by atoms with van der Waals surface area (Å²) in [4.78, 5) is 12.3. The van der Waals surface area contributed by atoms with Gasteiger partial charge in [0.1, 0.15) is 18.4 Å². The lowest BCUT2D eigenvalue weighted by Gasteiger charge is -2.45. The zero-order chi connectivity index (χ0) is 24.4. The van der Waals surface area contributed by atoms with Gasteiger partial charge in [-0.3, -0.25) is 10.0 Å². The van der Waals surface area contributed by atoms with Crippen LogP contribution in [0, 0.1) is 5.41 Å². The topological polar surface area (TPSA) is 116 Å². The van der Waals surface area contributed by atoms with Gasteiger partial charge >= 0.3 is 0 Å². The SMILES string of the molecule is CC(C)c1ccccc1COc1ccc(S(=O)(=O)N2C[C@H](O)CC(C)(C)[C@@H]2C(=O)NO)cc1. The number of nitrogens with one attached hydrogen (secondary N) is 1. The summed E-state index contributed by atoms with van der Waals surface area (Å²) in [6.07, 6.45) is -0.706. The maximum absolute atomic E-state index is 13.4. The zero-order valence-corrected chi connectivity index (χ0v) is 20.2. The van der Waals surface area contributed by atoms with Gasteiger partial charge in [-0.1, -0.05) is 52.0 Å². The van der Waals surface area contributed by atoms with Gasteiger partial charge in [0.15, 0.2) is 0 Å². The number of hydrogen-bond acceptors (Lipinski definition) is 6. The molecule has 1 amide bonds. The van der Waals surface area contributed by atoms with Crippen molar-refractivity contribution in [2.75, 3.05) is 6.54 Å². The highest BCUT2D eigenvalue weighted by atomic mass is 32.2. The first-order valence-electron chi connectivity index (χ1n) is 10.9. The molecule has 9 heteroatoms. The monoisotopic (exact) mass is 476 g/mol. The summed E-state index contributed by atoms with van der Waals surface area (Å²) in [5, 5.41) is 19.4. The van der Waals surface area contributed by atoms with E-state index in [1.54, 1.807) is 31.5 Å². The minimum absolute atomic E-state index is 0.0296. The third-order valence-electron chi connectivity index (χ3n) is 6.04. The summed E-state index contributed by atoms with van der Waals surface area (Å²) in [5.41, 5.74) is 2.93. The Morgan fingerprint density at radius 3 is 2.42 bits per heavy atom. The van der Waals surface area contributed by atoms with Crippen LogP contribution in [-0.4, -0.2) is 47.6 Å². The molecular weight excluding hydrogens is 444 g/mol. The van der Waals surface area contributed by atoms with Gasteiger partial charge in [-0.15, -0.1) is 0 Å². The fraction of sp³-hybridized carbons (Fsp3) is 0.458. The quantitative estimate of drug-likeness (QED) is 0.418. The molecule has 1 saturated heterocycles. The Balaban J connectivity index is 1.82. The molecule has 0 aromatic heterocycles. The molecule has 0 unspecified atom stereocenters. The first-order valence-corrected chi connectivity index (χ1v) is 12.4. The summed E-state index contributed by atoms with van der Waals surface area (Å²) < 4.78 is 33.6. The molecule has 33 heavy (non-hydrogen) atoms. The van der Waals surface area contributed by atoms with Crippen molar-refractivity contribution < 1.29 is 28.3 Å². The molecule has 0 spiro atoms. The number of β-amino-alcohol motifs (C(OH)–C–C–N with tert-alkyl or cyclic N) is 1. The van der Waals surface area contributed by atoms with E-state index in [-0.39, 0.29) is 17.9 Å². The summed E-state index contributed by atoms with van der Waals surface area (Å²) in [6.45, 7) is 7.70. The Hall–Kier alpha value is -2.46. The van der Waals surface area contributed by atoms with E-state index in [4.69, 9.17) is 4.74 Å². The van der Waals surface area contributed by atoms with Crippen LogP contribution in [0.3, 0.4) is 0 Å². The normalized spacial score (nSPS) is 21.1. The van der Waals surface area contributed by atoms with E-state index in [1.165, 1.54) is 17.7 Å². The van der Waals surface area contributed by atoms with Gasteiger partial charge in [-0.05, 0) is 53.1 Å². The average molecular weight is 477 g/mol. The first kappa shape index (κ1) is 25.2. The second kappa shape index (κ2) is 9.80. The van der Waals surface area contributed by atoms with Crippen LogP contribution in [0.2, 0.25) is 0 Å². The maximum atomic E-state index is 13.4. The highest BCUT2D eigenvalue weighted by Crippen LogP contribution is 2.38. The predicted octanol–water partition coefficient (Wildman–Crippen LogP) is 3.04. The van der Waals surface area contributed by atoms with Crippen molar-refractivity contribution in [1.29, 1.82) is 0 Å². The van der Waals surface area contributed by atoms with Crippen LogP contribution in [0.5, 0.6) is 5.75 Å². The van der Waals surface area contributed by atoms with Crippen molar-refractivity contribution in [1.82, 2.24) is 9.79 Å². The molecule has 180 valence electrons. The summed E-state index contributed by atoms with van der Waals surface area (Å²) in [7, 11) is -4.13. The molecule has 8 nitrogen and oxygen atoms in total. The molecule has 1 aliphatic heterocycles. The molecule has 2 aromatic carbocycles. The second-order valence-electron chi connectivity index (χ2n) is 9.41. The van der Waals surface area contributed by atoms with Crippen LogP contribution in [0.1, 0.15) is 51.2 Å². The van der Waals surface area contributed by atoms with E-state index in [0.29, 0.717) is 18.3 Å². The van der Waals surface area contributed by atoms with E-state index in [9.17, 15) is 23.5 Å². The van der Waals surface area contributed by atoms with Crippen molar-refractivity contribution in [3.63, 3.8) is 0 Å². The largest absolute Gasteiger partial charge is 0.489 e. The number of hydrogen-bond donors (Lipinski definition) is 3. The van der Waals surface area contributed by atoms with Gasteiger partial charge in [0.2, 0.25) is 10.0 Å². The molecule has 1 fully saturated rings.